The van der Waals surface area contributed by atoms with Crippen LogP contribution in [-0.2, 0) is 6.54 Å². The first-order chi connectivity index (χ1) is 17.0. The SMILES string of the molecule is CN1C/C(=C/c2ccc(F)cc2)c2nc(Nc3ccccc3)c(C#N)c(-c3ccc(F)cc3)c2C1. The average Bonchev–Trinajstić information content (AvgIpc) is 2.86. The number of halogens is 2. The molecule has 0 radical (unpaired) electrons. The fourth-order valence-electron chi connectivity index (χ4n) is 4.40. The van der Waals surface area contributed by atoms with Crippen LogP contribution in [0.3, 0.4) is 0 Å². The summed E-state index contributed by atoms with van der Waals surface area (Å²) in [6.07, 6.45) is 1.99. The van der Waals surface area contributed by atoms with Crippen LogP contribution in [0.15, 0.2) is 78.9 Å². The second-order valence-corrected chi connectivity index (χ2v) is 8.54. The standard InChI is InChI=1S/C29H22F2N4/c1-35-17-21(15-19-7-11-22(30)12-8-19)28-26(18-35)27(20-9-13-23(31)14-10-20)25(16-32)29(34-28)33-24-5-3-2-4-6-24/h2-15H,17-18H2,1H3,(H,33,34)/b21-15-. The number of fused-ring (bicyclic) bond motifs is 1. The number of pyridine rings is 1. The molecular formula is C29H22F2N4. The van der Waals surface area contributed by atoms with E-state index >= 15 is 0 Å². The molecule has 35 heavy (non-hydrogen) atoms. The molecule has 1 N–H and O–H groups in total. The van der Waals surface area contributed by atoms with E-state index in [0.29, 0.717) is 24.5 Å². The van der Waals surface area contributed by atoms with Gasteiger partial charge in [0.05, 0.1) is 5.69 Å². The predicted octanol–water partition coefficient (Wildman–Crippen LogP) is 6.63. The topological polar surface area (TPSA) is 52.0 Å². The molecule has 0 spiro atoms. The number of anilines is 2. The van der Waals surface area contributed by atoms with Gasteiger partial charge in [-0.05, 0) is 66.2 Å². The van der Waals surface area contributed by atoms with Crippen LogP contribution in [0.25, 0.3) is 22.8 Å². The van der Waals surface area contributed by atoms with E-state index in [1.165, 1.54) is 24.3 Å². The Hall–Kier alpha value is -4.34. The third-order valence-electron chi connectivity index (χ3n) is 5.96. The summed E-state index contributed by atoms with van der Waals surface area (Å²) in [6.45, 7) is 1.22. The minimum Gasteiger partial charge on any atom is -0.339 e. The largest absolute Gasteiger partial charge is 0.339 e. The van der Waals surface area contributed by atoms with Gasteiger partial charge in [-0.15, -0.1) is 0 Å². The van der Waals surface area contributed by atoms with Crippen molar-refractivity contribution in [3.63, 3.8) is 0 Å². The van der Waals surface area contributed by atoms with Gasteiger partial charge in [0.1, 0.15) is 29.1 Å². The minimum atomic E-state index is -0.341. The number of hydrogen-bond donors (Lipinski definition) is 1. The summed E-state index contributed by atoms with van der Waals surface area (Å²) >= 11 is 0. The zero-order valence-corrected chi connectivity index (χ0v) is 19.1. The van der Waals surface area contributed by atoms with Crippen LogP contribution >= 0.6 is 0 Å². The van der Waals surface area contributed by atoms with Crippen LogP contribution < -0.4 is 5.32 Å². The highest BCUT2D eigenvalue weighted by atomic mass is 19.1. The molecule has 4 nitrogen and oxygen atoms in total. The Kier molecular flexibility index (Phi) is 6.09. The van der Waals surface area contributed by atoms with Crippen molar-refractivity contribution >= 4 is 23.2 Å². The number of para-hydroxylation sites is 1. The highest BCUT2D eigenvalue weighted by Gasteiger charge is 2.27. The summed E-state index contributed by atoms with van der Waals surface area (Å²) in [6, 6.07) is 24.4. The zero-order valence-electron chi connectivity index (χ0n) is 19.1. The van der Waals surface area contributed by atoms with Crippen LogP contribution in [-0.4, -0.2) is 23.5 Å². The number of rotatable bonds is 4. The highest BCUT2D eigenvalue weighted by Crippen LogP contribution is 2.40. The van der Waals surface area contributed by atoms with Crippen molar-refractivity contribution in [3.05, 3.63) is 113 Å². The van der Waals surface area contributed by atoms with E-state index in [9.17, 15) is 14.0 Å². The third-order valence-corrected chi connectivity index (χ3v) is 5.96. The number of nitriles is 1. The van der Waals surface area contributed by atoms with Gasteiger partial charge in [0.25, 0.3) is 0 Å². The Labute approximate surface area is 202 Å². The summed E-state index contributed by atoms with van der Waals surface area (Å²) in [5.74, 6) is -0.198. The molecular weight excluding hydrogens is 442 g/mol. The Bertz CT molecular complexity index is 1440. The van der Waals surface area contributed by atoms with Crippen molar-refractivity contribution in [3.8, 4) is 17.2 Å². The van der Waals surface area contributed by atoms with Gasteiger partial charge in [0.2, 0.25) is 0 Å². The second kappa shape index (κ2) is 9.49. The first kappa shape index (κ1) is 22.5. The lowest BCUT2D eigenvalue weighted by molar-refractivity contribution is 0.358. The molecule has 1 aliphatic heterocycles. The van der Waals surface area contributed by atoms with Crippen LogP contribution in [0.1, 0.15) is 22.4 Å². The maximum absolute atomic E-state index is 13.8. The lowest BCUT2D eigenvalue weighted by Crippen LogP contribution is -2.28. The van der Waals surface area contributed by atoms with Crippen molar-refractivity contribution in [1.82, 2.24) is 9.88 Å². The smallest absolute Gasteiger partial charge is 0.149 e. The maximum atomic E-state index is 13.8. The van der Waals surface area contributed by atoms with E-state index in [1.54, 1.807) is 24.3 Å². The van der Waals surface area contributed by atoms with Crippen molar-refractivity contribution in [2.75, 3.05) is 18.9 Å². The summed E-state index contributed by atoms with van der Waals surface area (Å²) in [4.78, 5) is 7.07. The lowest BCUT2D eigenvalue weighted by atomic mass is 9.88. The number of hydrogen-bond acceptors (Lipinski definition) is 4. The Morgan fingerprint density at radius 3 is 2.23 bits per heavy atom. The van der Waals surface area contributed by atoms with Gasteiger partial charge >= 0.3 is 0 Å². The second-order valence-electron chi connectivity index (χ2n) is 8.54. The molecule has 0 saturated carbocycles. The molecule has 0 amide bonds. The Morgan fingerprint density at radius 2 is 1.57 bits per heavy atom. The highest BCUT2D eigenvalue weighted by molar-refractivity contribution is 5.90. The van der Waals surface area contributed by atoms with Crippen LogP contribution in [0.2, 0.25) is 0 Å². The molecule has 6 heteroatoms. The average molecular weight is 465 g/mol. The van der Waals surface area contributed by atoms with E-state index < -0.39 is 0 Å². The molecule has 1 aliphatic rings. The van der Waals surface area contributed by atoms with Gasteiger partial charge in [-0.1, -0.05) is 42.5 Å². The van der Waals surface area contributed by atoms with Gasteiger partial charge in [0.15, 0.2) is 0 Å². The van der Waals surface area contributed by atoms with Crippen LogP contribution in [0, 0.1) is 23.0 Å². The molecule has 0 saturated heterocycles. The lowest BCUT2D eigenvalue weighted by Gasteiger charge is -2.30. The van der Waals surface area contributed by atoms with Crippen molar-refractivity contribution < 1.29 is 8.78 Å². The first-order valence-corrected chi connectivity index (χ1v) is 11.2. The minimum absolute atomic E-state index is 0.293. The molecule has 5 rings (SSSR count). The molecule has 4 aromatic rings. The summed E-state index contributed by atoms with van der Waals surface area (Å²) < 4.78 is 27.2. The zero-order chi connectivity index (χ0) is 24.4. The summed E-state index contributed by atoms with van der Waals surface area (Å²) in [7, 11) is 2.00. The third kappa shape index (κ3) is 4.68. The van der Waals surface area contributed by atoms with E-state index in [2.05, 4.69) is 16.3 Å². The number of likely N-dealkylation sites (N-methyl/N-ethyl adjacent to an activating group) is 1. The quantitative estimate of drug-likeness (QED) is 0.368. The number of benzene rings is 3. The summed E-state index contributed by atoms with van der Waals surface area (Å²) in [5.41, 5.74) is 6.15. The van der Waals surface area contributed by atoms with Crippen molar-refractivity contribution in [2.24, 2.45) is 0 Å². The van der Waals surface area contributed by atoms with E-state index in [-0.39, 0.29) is 11.6 Å². The fourth-order valence-corrected chi connectivity index (χ4v) is 4.40. The van der Waals surface area contributed by atoms with Crippen LogP contribution in [0.4, 0.5) is 20.3 Å². The number of aromatic nitrogens is 1. The molecule has 3 aromatic carbocycles. The molecule has 2 heterocycles. The van der Waals surface area contributed by atoms with E-state index in [4.69, 9.17) is 4.98 Å². The molecule has 0 bridgehead atoms. The molecule has 0 unspecified atom stereocenters. The van der Waals surface area contributed by atoms with Gasteiger partial charge in [-0.2, -0.15) is 5.26 Å². The van der Waals surface area contributed by atoms with Crippen molar-refractivity contribution in [1.29, 1.82) is 5.26 Å². The molecule has 1 aromatic heterocycles. The monoisotopic (exact) mass is 464 g/mol. The van der Waals surface area contributed by atoms with Crippen molar-refractivity contribution in [2.45, 2.75) is 6.54 Å². The maximum Gasteiger partial charge on any atom is 0.149 e. The van der Waals surface area contributed by atoms with Crippen LogP contribution in [0.5, 0.6) is 0 Å². The number of nitrogens with one attached hydrogen (secondary N) is 1. The molecule has 0 aliphatic carbocycles. The molecule has 172 valence electrons. The fraction of sp³-hybridized carbons (Fsp3) is 0.103. The van der Waals surface area contributed by atoms with E-state index in [0.717, 1.165) is 39.2 Å². The molecule has 0 fully saturated rings. The Morgan fingerprint density at radius 1 is 0.914 bits per heavy atom. The Balaban J connectivity index is 1.76. The van der Waals surface area contributed by atoms with Gasteiger partial charge < -0.3 is 5.32 Å². The predicted molar refractivity (Wildman–Crippen MR) is 135 cm³/mol. The summed E-state index contributed by atoms with van der Waals surface area (Å²) in [5, 5.41) is 13.5. The normalized spacial score (nSPS) is 14.4. The van der Waals surface area contributed by atoms with Gasteiger partial charge in [-0.25, -0.2) is 13.8 Å². The number of nitrogens with zero attached hydrogens (tertiary/aromatic N) is 3. The van der Waals surface area contributed by atoms with Gasteiger partial charge in [0, 0.05) is 29.9 Å². The first-order valence-electron chi connectivity index (χ1n) is 11.2. The molecule has 0 atom stereocenters. The van der Waals surface area contributed by atoms with E-state index in [1.807, 2.05) is 43.5 Å². The van der Waals surface area contributed by atoms with Gasteiger partial charge in [-0.3, -0.25) is 4.90 Å².